The molecule has 2 rings (SSSR count). The van der Waals surface area contributed by atoms with Gasteiger partial charge in [0.1, 0.15) is 17.2 Å². The molecule has 1 heterocycles. The van der Waals surface area contributed by atoms with Gasteiger partial charge in [-0.15, -0.1) is 11.8 Å². The normalized spacial score (nSPS) is 16.6. The summed E-state index contributed by atoms with van der Waals surface area (Å²) in [4.78, 5) is 8.37. The molecule has 1 aliphatic carbocycles. The zero-order valence-corrected chi connectivity index (χ0v) is 10.6. The second-order valence-corrected chi connectivity index (χ2v) is 5.14. The van der Waals surface area contributed by atoms with E-state index in [2.05, 4.69) is 15.3 Å². The van der Waals surface area contributed by atoms with Crippen molar-refractivity contribution in [3.8, 4) is 0 Å². The molecule has 0 aromatic carbocycles. The van der Waals surface area contributed by atoms with Gasteiger partial charge in [-0.1, -0.05) is 25.7 Å². The molecule has 0 unspecified atom stereocenters. The molecule has 0 aliphatic heterocycles. The van der Waals surface area contributed by atoms with Crippen LogP contribution in [0.1, 0.15) is 32.1 Å². The van der Waals surface area contributed by atoms with E-state index in [4.69, 9.17) is 0 Å². The van der Waals surface area contributed by atoms with Gasteiger partial charge in [0.2, 0.25) is 0 Å². The summed E-state index contributed by atoms with van der Waals surface area (Å²) >= 11 is 1.65. The van der Waals surface area contributed by atoms with Crippen LogP contribution in [0.15, 0.2) is 17.4 Å². The van der Waals surface area contributed by atoms with E-state index in [1.807, 2.05) is 12.3 Å². The molecule has 1 aliphatic rings. The largest absolute Gasteiger partial charge is 0.370 e. The van der Waals surface area contributed by atoms with Crippen LogP contribution in [0.3, 0.4) is 0 Å². The predicted octanol–water partition coefficient (Wildman–Crippen LogP) is 3.19. The Kier molecular flexibility index (Phi) is 4.45. The molecule has 0 bridgehead atoms. The van der Waals surface area contributed by atoms with Crippen molar-refractivity contribution >= 4 is 17.6 Å². The minimum Gasteiger partial charge on any atom is -0.370 e. The minimum absolute atomic E-state index is 0.939. The molecule has 16 heavy (non-hydrogen) atoms. The summed E-state index contributed by atoms with van der Waals surface area (Å²) in [6.45, 7) is 1.04. The van der Waals surface area contributed by atoms with E-state index in [1.165, 1.54) is 32.1 Å². The summed E-state index contributed by atoms with van der Waals surface area (Å²) in [5, 5.41) is 4.41. The van der Waals surface area contributed by atoms with Gasteiger partial charge in [-0.3, -0.25) is 0 Å². The van der Waals surface area contributed by atoms with Crippen LogP contribution in [-0.2, 0) is 0 Å². The van der Waals surface area contributed by atoms with Crippen molar-refractivity contribution in [2.75, 3.05) is 18.1 Å². The number of nitrogens with zero attached hydrogens (tertiary/aromatic N) is 2. The van der Waals surface area contributed by atoms with E-state index < -0.39 is 0 Å². The molecule has 4 heteroatoms. The first-order chi connectivity index (χ1) is 7.88. The second kappa shape index (κ2) is 6.09. The highest BCUT2D eigenvalue weighted by Crippen LogP contribution is 2.27. The van der Waals surface area contributed by atoms with Crippen LogP contribution in [0.25, 0.3) is 0 Å². The minimum atomic E-state index is 0.939. The van der Waals surface area contributed by atoms with Crippen molar-refractivity contribution in [3.05, 3.63) is 12.4 Å². The maximum Gasteiger partial charge on any atom is 0.130 e. The van der Waals surface area contributed by atoms with E-state index in [1.54, 1.807) is 18.1 Å². The second-order valence-electron chi connectivity index (χ2n) is 4.31. The SMILES string of the molecule is CSc1cc(NCCC2CCCC2)ncn1. The van der Waals surface area contributed by atoms with E-state index >= 15 is 0 Å². The smallest absolute Gasteiger partial charge is 0.130 e. The maximum atomic E-state index is 4.22. The summed E-state index contributed by atoms with van der Waals surface area (Å²) in [6.07, 6.45) is 10.6. The lowest BCUT2D eigenvalue weighted by molar-refractivity contribution is 0.518. The predicted molar refractivity (Wildman–Crippen MR) is 68.9 cm³/mol. The highest BCUT2D eigenvalue weighted by Gasteiger charge is 2.14. The Morgan fingerprint density at radius 1 is 1.38 bits per heavy atom. The summed E-state index contributed by atoms with van der Waals surface area (Å²) in [5.41, 5.74) is 0. The molecule has 0 radical (unpaired) electrons. The van der Waals surface area contributed by atoms with Gasteiger partial charge in [-0.05, 0) is 18.6 Å². The van der Waals surface area contributed by atoms with Crippen LogP contribution in [-0.4, -0.2) is 22.8 Å². The number of hydrogen-bond donors (Lipinski definition) is 1. The number of thioether (sulfide) groups is 1. The highest BCUT2D eigenvalue weighted by atomic mass is 32.2. The maximum absolute atomic E-state index is 4.22. The molecule has 1 saturated carbocycles. The van der Waals surface area contributed by atoms with Gasteiger partial charge < -0.3 is 5.32 Å². The topological polar surface area (TPSA) is 37.8 Å². The lowest BCUT2D eigenvalue weighted by atomic mass is 10.0. The Morgan fingerprint density at radius 3 is 2.94 bits per heavy atom. The van der Waals surface area contributed by atoms with Crippen molar-refractivity contribution in [1.82, 2.24) is 9.97 Å². The Labute approximate surface area is 101 Å². The zero-order chi connectivity index (χ0) is 11.2. The molecule has 1 aromatic heterocycles. The van der Waals surface area contributed by atoms with Gasteiger partial charge in [0.25, 0.3) is 0 Å². The fourth-order valence-electron chi connectivity index (χ4n) is 2.25. The van der Waals surface area contributed by atoms with Crippen molar-refractivity contribution in [3.63, 3.8) is 0 Å². The molecular formula is C12H19N3S. The van der Waals surface area contributed by atoms with E-state index in [0.717, 1.165) is 23.3 Å². The van der Waals surface area contributed by atoms with Crippen molar-refractivity contribution in [2.24, 2.45) is 5.92 Å². The van der Waals surface area contributed by atoms with Gasteiger partial charge in [0.05, 0.1) is 0 Å². The van der Waals surface area contributed by atoms with Gasteiger partial charge in [-0.2, -0.15) is 0 Å². The number of anilines is 1. The van der Waals surface area contributed by atoms with Crippen LogP contribution >= 0.6 is 11.8 Å². The van der Waals surface area contributed by atoms with Gasteiger partial charge >= 0.3 is 0 Å². The molecule has 1 N–H and O–H groups in total. The number of hydrogen-bond acceptors (Lipinski definition) is 4. The highest BCUT2D eigenvalue weighted by molar-refractivity contribution is 7.98. The summed E-state index contributed by atoms with van der Waals surface area (Å²) in [6, 6.07) is 2.01. The van der Waals surface area contributed by atoms with Crippen LogP contribution in [0.2, 0.25) is 0 Å². The molecule has 1 fully saturated rings. The third kappa shape index (κ3) is 3.37. The third-order valence-corrected chi connectivity index (χ3v) is 3.83. The molecular weight excluding hydrogens is 218 g/mol. The summed E-state index contributed by atoms with van der Waals surface area (Å²) in [5.74, 6) is 1.90. The monoisotopic (exact) mass is 237 g/mol. The molecule has 0 atom stereocenters. The fraction of sp³-hybridized carbons (Fsp3) is 0.667. The quantitative estimate of drug-likeness (QED) is 0.630. The average Bonchev–Trinajstić information content (AvgIpc) is 2.82. The Bertz CT molecular complexity index is 324. The molecule has 0 spiro atoms. The van der Waals surface area contributed by atoms with Gasteiger partial charge in [0, 0.05) is 12.6 Å². The lowest BCUT2D eigenvalue weighted by Gasteiger charge is -2.10. The summed E-state index contributed by atoms with van der Waals surface area (Å²) < 4.78 is 0. The molecule has 1 aromatic rings. The van der Waals surface area contributed by atoms with E-state index in [0.29, 0.717) is 0 Å². The first kappa shape index (κ1) is 11.7. The zero-order valence-electron chi connectivity index (χ0n) is 9.78. The Hall–Kier alpha value is -0.770. The number of aromatic nitrogens is 2. The number of nitrogens with one attached hydrogen (secondary N) is 1. The summed E-state index contributed by atoms with van der Waals surface area (Å²) in [7, 11) is 0. The molecule has 88 valence electrons. The Morgan fingerprint density at radius 2 is 2.19 bits per heavy atom. The molecule has 0 amide bonds. The van der Waals surface area contributed by atoms with E-state index in [-0.39, 0.29) is 0 Å². The van der Waals surface area contributed by atoms with E-state index in [9.17, 15) is 0 Å². The first-order valence-corrected chi connectivity index (χ1v) is 7.21. The number of rotatable bonds is 5. The Balaban J connectivity index is 1.75. The molecule has 0 saturated heterocycles. The molecule has 3 nitrogen and oxygen atoms in total. The lowest BCUT2D eigenvalue weighted by Crippen LogP contribution is -2.07. The standard InChI is InChI=1S/C12H19N3S/c1-16-12-8-11(14-9-15-12)13-7-6-10-4-2-3-5-10/h8-10H,2-7H2,1H3,(H,13,14,15). The van der Waals surface area contributed by atoms with Crippen LogP contribution < -0.4 is 5.32 Å². The average molecular weight is 237 g/mol. The van der Waals surface area contributed by atoms with Crippen LogP contribution in [0.5, 0.6) is 0 Å². The van der Waals surface area contributed by atoms with Crippen LogP contribution in [0.4, 0.5) is 5.82 Å². The van der Waals surface area contributed by atoms with Gasteiger partial charge in [-0.25, -0.2) is 9.97 Å². The van der Waals surface area contributed by atoms with Crippen LogP contribution in [0, 0.1) is 5.92 Å². The first-order valence-electron chi connectivity index (χ1n) is 5.98. The fourth-order valence-corrected chi connectivity index (χ4v) is 2.63. The van der Waals surface area contributed by atoms with Crippen molar-refractivity contribution < 1.29 is 0 Å². The van der Waals surface area contributed by atoms with Crippen molar-refractivity contribution in [2.45, 2.75) is 37.1 Å². The third-order valence-electron chi connectivity index (χ3n) is 3.18. The van der Waals surface area contributed by atoms with Gasteiger partial charge in [0.15, 0.2) is 0 Å². The van der Waals surface area contributed by atoms with Crippen molar-refractivity contribution in [1.29, 1.82) is 0 Å².